The molecule has 426 valence electrons. The van der Waals surface area contributed by atoms with Crippen LogP contribution < -0.4 is 31.3 Å². The van der Waals surface area contributed by atoms with Gasteiger partial charge in [0.05, 0.1) is 76.9 Å². The first-order chi connectivity index (χ1) is 37.9. The molecule has 27 heteroatoms. The molecule has 1 aromatic heterocycles. The van der Waals surface area contributed by atoms with Gasteiger partial charge < -0.3 is 45.5 Å². The van der Waals surface area contributed by atoms with Crippen LogP contribution in [0.1, 0.15) is 75.2 Å². The predicted molar refractivity (Wildman–Crippen MR) is 284 cm³/mol. The van der Waals surface area contributed by atoms with Crippen molar-refractivity contribution >= 4 is 70.3 Å². The number of aryl methyl sites for hydroxylation is 1. The number of allylic oxidation sites excluding steroid dienone is 2. The molecule has 3 aromatic rings. The number of nitro groups is 1. The minimum absolute atomic E-state index is 0.00150. The summed E-state index contributed by atoms with van der Waals surface area (Å²) >= 11 is 1.02. The number of nitrogens with one attached hydrogen (secondary N) is 6. The number of H-pyrrole nitrogens is 1. The van der Waals surface area contributed by atoms with Crippen molar-refractivity contribution in [2.75, 3.05) is 71.3 Å². The third-order valence-corrected chi connectivity index (χ3v) is 13.3. The topological polar surface area (TPSA) is 321 Å². The molecule has 7 amide bonds. The van der Waals surface area contributed by atoms with Crippen molar-refractivity contribution in [3.8, 4) is 0 Å². The van der Waals surface area contributed by atoms with Gasteiger partial charge in [-0.3, -0.25) is 53.6 Å². The third-order valence-electron chi connectivity index (χ3n) is 12.2. The number of carbonyl (C=O) groups is 7. The first kappa shape index (κ1) is 62.3. The molecule has 2 atom stereocenters. The zero-order valence-corrected chi connectivity index (χ0v) is 45.4. The number of rotatable bonds is 33. The van der Waals surface area contributed by atoms with E-state index in [1.165, 1.54) is 42.0 Å². The van der Waals surface area contributed by atoms with Crippen LogP contribution >= 0.6 is 11.8 Å². The highest BCUT2D eigenvalue weighted by Crippen LogP contribution is 2.32. The van der Waals surface area contributed by atoms with Crippen LogP contribution in [0.5, 0.6) is 0 Å². The Hall–Kier alpha value is -7.59. The molecule has 0 spiro atoms. The zero-order valence-electron chi connectivity index (χ0n) is 44.6. The minimum atomic E-state index is -1.01. The highest BCUT2D eigenvalue weighted by atomic mass is 32.2. The van der Waals surface area contributed by atoms with Crippen LogP contribution in [-0.2, 0) is 61.3 Å². The van der Waals surface area contributed by atoms with Gasteiger partial charge in [-0.05, 0) is 78.8 Å². The van der Waals surface area contributed by atoms with Crippen LogP contribution in [0.15, 0.2) is 93.7 Å². The lowest BCUT2D eigenvalue weighted by molar-refractivity contribution is -0.765. The first-order valence-corrected chi connectivity index (χ1v) is 26.5. The molecule has 5 rings (SSSR count). The van der Waals surface area contributed by atoms with E-state index in [4.69, 9.17) is 18.9 Å². The van der Waals surface area contributed by atoms with Crippen molar-refractivity contribution in [1.82, 2.24) is 41.7 Å². The lowest BCUT2D eigenvalue weighted by Crippen LogP contribution is -2.53. The molecule has 0 bridgehead atoms. The molecule has 6 N–H and O–H groups in total. The summed E-state index contributed by atoms with van der Waals surface area (Å²) in [5.41, 5.74) is 1.01. The number of non-ortho nitro benzene ring substituents is 1. The molecule has 0 unspecified atom stereocenters. The molecule has 2 aromatic carbocycles. The summed E-state index contributed by atoms with van der Waals surface area (Å²) in [6.07, 6.45) is 7.23. The second-order valence-corrected chi connectivity index (χ2v) is 19.5. The number of nitrogens with zero attached hydrogens (tertiary/aromatic N) is 6. The predicted octanol–water partition coefficient (Wildman–Crippen LogP) is 3.09. The van der Waals surface area contributed by atoms with Crippen LogP contribution in [0.25, 0.3) is 0 Å². The molecule has 0 saturated heterocycles. The fraction of sp³-hybridized carbons (Fsp3) is 0.481. The van der Waals surface area contributed by atoms with Gasteiger partial charge in [0.2, 0.25) is 23.6 Å². The van der Waals surface area contributed by atoms with E-state index in [1.54, 1.807) is 45.2 Å². The van der Waals surface area contributed by atoms with Crippen LogP contribution in [-0.4, -0.2) is 151 Å². The van der Waals surface area contributed by atoms with Gasteiger partial charge in [-0.15, -0.1) is 0 Å². The first-order valence-electron chi connectivity index (χ1n) is 25.7. The van der Waals surface area contributed by atoms with Gasteiger partial charge in [0.15, 0.2) is 16.9 Å². The van der Waals surface area contributed by atoms with Gasteiger partial charge in [0.1, 0.15) is 17.2 Å². The number of aromatic nitrogens is 4. The summed E-state index contributed by atoms with van der Waals surface area (Å²) in [6.45, 7) is 11.3. The number of nitro benzene ring substituents is 1. The average Bonchev–Trinajstić information content (AvgIpc) is 4.20. The number of benzene rings is 2. The molecule has 25 nitrogen and oxygen atoms in total. The molecule has 1 saturated carbocycles. The summed E-state index contributed by atoms with van der Waals surface area (Å²) in [6, 6.07) is 8.21. The van der Waals surface area contributed by atoms with Crippen LogP contribution in [0.4, 0.5) is 15.8 Å². The third kappa shape index (κ3) is 21.0. The Kier molecular flexibility index (Phi) is 25.5. The SMILES string of the molecule is C=C(/C=C(/F)C(=NCc1ccc(NC(=O)[C@H](C)NC(=O)[C@@H](NC(=O)CCOCCOCCOCCOCCNC(=O)CCN2C(=O)C=CC2=O)C(C)C)cc1)NC(=O)c1cc([N+](=O)[O-])ccc1Sc1nn[nH][n+]1C)C1CCCC1. The Bertz CT molecular complexity index is 2710. The van der Waals surface area contributed by atoms with E-state index in [0.29, 0.717) is 48.4 Å². The fourth-order valence-corrected chi connectivity index (χ4v) is 8.58. The van der Waals surface area contributed by atoms with Crippen LogP contribution in [0, 0.1) is 22.0 Å². The van der Waals surface area contributed by atoms with E-state index in [1.807, 2.05) is 0 Å². The maximum atomic E-state index is 16.1. The number of anilines is 1. The minimum Gasteiger partial charge on any atom is -0.379 e. The van der Waals surface area contributed by atoms with Gasteiger partial charge in [-0.1, -0.05) is 50.6 Å². The molecule has 1 aliphatic carbocycles. The maximum absolute atomic E-state index is 16.1. The summed E-state index contributed by atoms with van der Waals surface area (Å²) < 4.78 is 39.5. The van der Waals surface area contributed by atoms with Crippen molar-refractivity contribution in [3.05, 3.63) is 99.9 Å². The Morgan fingerprint density at radius 2 is 1.53 bits per heavy atom. The van der Waals surface area contributed by atoms with Crippen LogP contribution in [0.3, 0.4) is 0 Å². The maximum Gasteiger partial charge on any atom is 0.364 e. The molecular formula is C52H68FN12O13S+. The molecule has 2 aliphatic rings. The number of aliphatic imine (C=N–C) groups is 1. The number of imide groups is 1. The highest BCUT2D eigenvalue weighted by Gasteiger charge is 2.29. The van der Waals surface area contributed by atoms with E-state index in [2.05, 4.69) is 53.7 Å². The van der Waals surface area contributed by atoms with Gasteiger partial charge in [-0.25, -0.2) is 4.39 Å². The number of halogens is 1. The Morgan fingerprint density at radius 1 is 0.899 bits per heavy atom. The highest BCUT2D eigenvalue weighted by molar-refractivity contribution is 7.99. The zero-order chi connectivity index (χ0) is 57.3. The van der Waals surface area contributed by atoms with Crippen molar-refractivity contribution < 1.29 is 66.5 Å². The van der Waals surface area contributed by atoms with Gasteiger partial charge in [0, 0.05) is 60.8 Å². The molecule has 2 heterocycles. The fourth-order valence-electron chi connectivity index (χ4n) is 7.73. The lowest BCUT2D eigenvalue weighted by atomic mass is 9.98. The number of carbonyl (C=O) groups excluding carboxylic acids is 7. The molecule has 1 fully saturated rings. The molecule has 1 aliphatic heterocycles. The second-order valence-electron chi connectivity index (χ2n) is 18.5. The van der Waals surface area contributed by atoms with Gasteiger partial charge >= 0.3 is 5.16 Å². The average molecular weight is 1120 g/mol. The van der Waals surface area contributed by atoms with Crippen LogP contribution in [0.2, 0.25) is 0 Å². The number of amides is 7. The van der Waals surface area contributed by atoms with Gasteiger partial charge in [-0.2, -0.15) is 4.68 Å². The number of aromatic amines is 1. The molecular weight excluding hydrogens is 1050 g/mol. The van der Waals surface area contributed by atoms with E-state index in [-0.39, 0.29) is 92.8 Å². The van der Waals surface area contributed by atoms with E-state index < -0.39 is 64.1 Å². The normalized spacial score (nSPS) is 14.6. The number of hydrogen-bond acceptors (Lipinski definition) is 17. The van der Waals surface area contributed by atoms with E-state index in [9.17, 15) is 43.7 Å². The number of ether oxygens (including phenoxy) is 4. The van der Waals surface area contributed by atoms with Crippen molar-refractivity contribution in [3.63, 3.8) is 0 Å². The Morgan fingerprint density at radius 3 is 2.14 bits per heavy atom. The Labute approximate surface area is 460 Å². The number of tetrazole rings is 1. The Balaban J connectivity index is 1.00. The molecule has 79 heavy (non-hydrogen) atoms. The standard InChI is InChI=1S/C52H67FN12O13S/c1-33(2)47(58-44(67)19-22-75-24-26-77-28-29-78-27-25-76-23-20-54-43(66)18-21-64-45(68)16-17-46(64)69)51(72)56-35(4)49(70)57-38-12-10-36(11-13-38)32-55-48(41(53)30-34(3)37-8-6-7-9-37)59-50(71)40-31-39(65(73)74)14-15-42(40)79-52-60-61-62-63(52)5/h10-17,30-31,33,35,37,47H,3,6-9,18-29,32H2,1-2,4-5H3,(H5,54,55,56,57,58,59,66,67,70,71,72)/p+1/b41-30+/t35-,47-/m0/s1. The summed E-state index contributed by atoms with van der Waals surface area (Å²) in [5.74, 6) is -5.08. The smallest absolute Gasteiger partial charge is 0.364 e. The lowest BCUT2D eigenvalue weighted by Gasteiger charge is -2.24. The summed E-state index contributed by atoms with van der Waals surface area (Å²) in [4.78, 5) is 105. The van der Waals surface area contributed by atoms with Crippen molar-refractivity contribution in [1.29, 1.82) is 0 Å². The number of hydrogen-bond donors (Lipinski definition) is 6. The number of amidine groups is 1. The molecule has 0 radical (unpaired) electrons. The van der Waals surface area contributed by atoms with Gasteiger partial charge in [0.25, 0.3) is 23.4 Å². The quantitative estimate of drug-likeness (QED) is 0.00746. The van der Waals surface area contributed by atoms with E-state index in [0.717, 1.165) is 48.4 Å². The summed E-state index contributed by atoms with van der Waals surface area (Å²) in [5, 5.41) is 35.7. The second kappa shape index (κ2) is 32.3. The van der Waals surface area contributed by atoms with Crippen molar-refractivity contribution in [2.45, 2.75) is 88.0 Å². The van der Waals surface area contributed by atoms with E-state index >= 15 is 4.39 Å². The van der Waals surface area contributed by atoms with Crippen molar-refractivity contribution in [2.24, 2.45) is 23.9 Å². The largest absolute Gasteiger partial charge is 0.379 e. The monoisotopic (exact) mass is 1120 g/mol. The summed E-state index contributed by atoms with van der Waals surface area (Å²) in [7, 11) is 1.64.